The lowest BCUT2D eigenvalue weighted by atomic mass is 9.94. The lowest BCUT2D eigenvalue weighted by Crippen LogP contribution is -3.00. The van der Waals surface area contributed by atoms with Crippen LogP contribution in [0.5, 0.6) is 11.5 Å². The molecule has 2 nitrogen and oxygen atoms in total. The van der Waals surface area contributed by atoms with E-state index in [-0.39, 0.29) is 79.5 Å². The Kier molecular flexibility index (Phi) is 33.9. The molecular weight excluding hydrogens is 2170 g/mol. The maximum absolute atomic E-state index is 9.96. The van der Waals surface area contributed by atoms with Crippen molar-refractivity contribution < 1.29 is 87.2 Å². The number of alkyl halides is 2. The maximum atomic E-state index is 9.96. The largest absolute Gasteiger partial charge is 1.00 e. The SMILES string of the molecule is ICCC[P+](c1ccccc1)(c1ccccc1)c1ccccc1.[2H]CF.[BH3-][P+](c1ccccc1)(c1ccc(OCCC[P+](c2ccccc2)(c2ccccc2)c2ccccc2)cc1)c1ccc2ccc3cccc4ccc1c2c34.[I-].[I-].[I-].c1ccc(P(c2ccc(OCCC[P+](c3ccccc3)(c3ccccc3)c3ccccc3)cc2)c2ccc3ccc4cccc5ccc2c3c45)cc1. The molecule has 2 atom stereocenters. The standard InChI is InChI=1S/C49H42BOP2.C49H39OP2.C21H21IP.CH3F.3HI/c50-53(44-23-11-4-12-24-44,47-34-28-39-26-25-37-15-13-16-38-27-33-46(47)49(39)48(37)38)45-31-29-40(30-32-45)51-35-14-36-52(41-17-5-1-6-18-41,42-19-7-2-8-20-42)43-21-9-3-10-22-43;1-5-17-41(18-6-1)51(47-34-28-39-26-25-37-15-13-16-38-27-33-46(47)49(39)48(37)38)42-31-29-40(30-32-42)50-35-14-36-52(43-19-7-2-8-20-43,44-21-9-3-10-22-44)45-23-11-4-12-24-45;22-17-10-18-23(19-11-4-1-5-12-19,20-13-6-2-7-14-20)21-15-8-3-9-16-21;1-2;;;/h1-13,15-34H,14,35-36H2,50H3;1-13,15-34H,14,35-36H2;1-9,11-16H,10,17-18H2;1H3;3*1H/q3*+1;;;;/p-3/i;;;1D;;;. The third kappa shape index (κ3) is 20.6. The van der Waals surface area contributed by atoms with Crippen molar-refractivity contribution in [2.24, 2.45) is 0 Å². The molecule has 0 aliphatic carbocycles. The van der Waals surface area contributed by atoms with E-state index in [1.165, 1.54) is 161 Å². The molecule has 21 rings (SSSR count). The Morgan fingerprint density at radius 2 is 0.511 bits per heavy atom. The Balaban J connectivity index is 0.000000160. The molecule has 2 unspecified atom stereocenters. The molecule has 13 heteroatoms. The van der Waals surface area contributed by atoms with E-state index in [0.29, 0.717) is 13.2 Å². The number of benzene rings is 21. The Bertz CT molecular complexity index is 6880. The topological polar surface area (TPSA) is 18.5 Å². The first kappa shape index (κ1) is 96.5. The molecule has 21 aromatic carbocycles. The fourth-order valence-corrected chi connectivity index (χ4v) is 38.0. The summed E-state index contributed by atoms with van der Waals surface area (Å²) in [7, 11) is -9.07. The van der Waals surface area contributed by atoms with Gasteiger partial charge in [-0.25, -0.2) is 0 Å². The Hall–Kier alpha value is -9.64. The Morgan fingerprint density at radius 3 is 0.842 bits per heavy atom. The minimum Gasteiger partial charge on any atom is -1.00 e. The molecular formula is C120H105BFI4O2P5. The van der Waals surface area contributed by atoms with E-state index in [9.17, 15) is 4.39 Å². The molecule has 0 saturated heterocycles. The molecule has 0 aliphatic heterocycles. The van der Waals surface area contributed by atoms with Crippen LogP contribution in [-0.4, -0.2) is 50.8 Å². The molecule has 0 heterocycles. The van der Waals surface area contributed by atoms with Gasteiger partial charge in [-0.1, -0.05) is 351 Å². The van der Waals surface area contributed by atoms with Crippen molar-refractivity contribution >= 4 is 211 Å². The van der Waals surface area contributed by atoms with E-state index in [2.05, 4.69) is 514 Å². The van der Waals surface area contributed by atoms with E-state index in [4.69, 9.17) is 10.8 Å². The summed E-state index contributed by atoms with van der Waals surface area (Å²) >= 11 is 2.50. The van der Waals surface area contributed by atoms with Crippen LogP contribution >= 0.6 is 59.4 Å². The minimum absolute atomic E-state index is 0. The van der Waals surface area contributed by atoms with E-state index in [1.54, 1.807) is 0 Å². The predicted octanol–water partition coefficient (Wildman–Crippen LogP) is 15.4. The second kappa shape index (κ2) is 46.7. The van der Waals surface area contributed by atoms with Gasteiger partial charge in [0.15, 0.2) is 0 Å². The van der Waals surface area contributed by atoms with E-state index < -0.39 is 44.0 Å². The number of hydrogen-bond acceptors (Lipinski definition) is 2. The Labute approximate surface area is 854 Å². The molecule has 0 spiro atoms. The second-order valence-electron chi connectivity index (χ2n) is 32.3. The van der Waals surface area contributed by atoms with Gasteiger partial charge >= 0.3 is 0 Å². The summed E-state index contributed by atoms with van der Waals surface area (Å²) in [6.07, 6.45) is 6.47. The van der Waals surface area contributed by atoms with Crippen molar-refractivity contribution in [3.8, 4) is 11.5 Å². The lowest BCUT2D eigenvalue weighted by Gasteiger charge is -2.32. The van der Waals surface area contributed by atoms with Gasteiger partial charge in [0.2, 0.25) is 0 Å². The van der Waals surface area contributed by atoms with Crippen LogP contribution in [0.15, 0.2) is 491 Å². The molecule has 0 fully saturated rings. The number of ether oxygens (including phenoxy) is 2. The monoisotopic (exact) mass is 2270 g/mol. The molecule has 0 amide bonds. The van der Waals surface area contributed by atoms with Crippen LogP contribution in [0.4, 0.5) is 4.39 Å². The molecule has 0 saturated carbocycles. The summed E-state index contributed by atoms with van der Waals surface area (Å²) < 4.78 is 29.8. The lowest BCUT2D eigenvalue weighted by molar-refractivity contribution is -0.00100. The fraction of sp³-hybridized carbons (Fsp3) is 0.0833. The minimum atomic E-state index is -1.88. The van der Waals surface area contributed by atoms with Crippen LogP contribution in [-0.2, 0) is 0 Å². The zero-order valence-electron chi connectivity index (χ0n) is 74.3. The van der Waals surface area contributed by atoms with Crippen LogP contribution in [0.1, 0.15) is 20.6 Å². The summed E-state index contributed by atoms with van der Waals surface area (Å²) in [5.74, 6) is 1.87. The normalized spacial score (nSPS) is 12.1. The van der Waals surface area contributed by atoms with Crippen LogP contribution in [0.2, 0.25) is 0 Å². The third-order valence-electron chi connectivity index (χ3n) is 24.9. The highest BCUT2D eigenvalue weighted by Crippen LogP contribution is 2.59. The quantitative estimate of drug-likeness (QED) is 0.0122. The summed E-state index contributed by atoms with van der Waals surface area (Å²) in [4.78, 5) is 0. The molecule has 0 bridgehead atoms. The first-order valence-electron chi connectivity index (χ1n) is 45.1. The predicted molar refractivity (Wildman–Crippen MR) is 588 cm³/mol. The molecule has 660 valence electrons. The van der Waals surface area contributed by atoms with Crippen molar-refractivity contribution in [3.63, 3.8) is 0 Å². The highest BCUT2D eigenvalue weighted by molar-refractivity contribution is 14.1. The van der Waals surface area contributed by atoms with Crippen LogP contribution < -0.4 is 161 Å². The van der Waals surface area contributed by atoms with Crippen molar-refractivity contribution in [2.45, 2.75) is 19.3 Å². The van der Waals surface area contributed by atoms with Crippen LogP contribution in [0, 0.1) is 0 Å². The van der Waals surface area contributed by atoms with Crippen LogP contribution in [0.3, 0.4) is 0 Å². The molecule has 0 radical (unpaired) electrons. The first-order chi connectivity index (χ1) is 64.7. The molecule has 133 heavy (non-hydrogen) atoms. The van der Waals surface area contributed by atoms with Gasteiger partial charge < -0.3 is 81.4 Å². The van der Waals surface area contributed by atoms with Gasteiger partial charge in [0.25, 0.3) is 0 Å². The van der Waals surface area contributed by atoms with Gasteiger partial charge in [-0.3, -0.25) is 4.39 Å². The first-order valence-corrected chi connectivity index (χ1v) is 54.6. The summed E-state index contributed by atoms with van der Waals surface area (Å²) in [6.45, 7) is 1.34. The van der Waals surface area contributed by atoms with E-state index in [0.717, 1.165) is 36.7 Å². The fourth-order valence-electron chi connectivity index (χ4n) is 19.1. The van der Waals surface area contributed by atoms with Gasteiger partial charge in [0.1, 0.15) is 88.6 Å². The molecule has 0 N–H and O–H groups in total. The summed E-state index contributed by atoms with van der Waals surface area (Å²) in [6, 6.07) is 182. The zero-order chi connectivity index (χ0) is 89.1. The van der Waals surface area contributed by atoms with Gasteiger partial charge in [-0.05, 0) is 254 Å². The number of hydrogen-bond donors (Lipinski definition) is 0. The number of rotatable bonds is 28. The maximum Gasteiger partial charge on any atom is 0.144 e. The summed E-state index contributed by atoms with van der Waals surface area (Å²) in [5, 5.41) is 37.7. The van der Waals surface area contributed by atoms with E-state index >= 15 is 0 Å². The molecule has 0 aliphatic rings. The summed E-state index contributed by atoms with van der Waals surface area (Å²) in [5.41, 5.74) is 0. The Morgan fingerprint density at radius 1 is 0.263 bits per heavy atom. The smallest absolute Gasteiger partial charge is 0.144 e. The van der Waals surface area contributed by atoms with Gasteiger partial charge in [0, 0.05) is 28.0 Å². The zero-order valence-corrected chi connectivity index (χ0v) is 86.4. The van der Waals surface area contributed by atoms with Crippen molar-refractivity contribution in [2.75, 3.05) is 43.3 Å². The van der Waals surface area contributed by atoms with Gasteiger partial charge in [0.05, 0.1) is 56.1 Å². The molecule has 21 aromatic rings. The average Bonchev–Trinajstić information content (AvgIpc) is 0.723. The van der Waals surface area contributed by atoms with Crippen molar-refractivity contribution in [3.05, 3.63) is 491 Å². The van der Waals surface area contributed by atoms with E-state index in [1.807, 2.05) is 0 Å². The van der Waals surface area contributed by atoms with Gasteiger partial charge in [-0.15, -0.1) is 0 Å². The highest BCUT2D eigenvalue weighted by Gasteiger charge is 2.48. The van der Waals surface area contributed by atoms with Crippen LogP contribution in [0.25, 0.3) is 64.6 Å². The third-order valence-corrected chi connectivity index (χ3v) is 44.3. The molecule has 0 aromatic heterocycles. The number of halogens is 5. The van der Waals surface area contributed by atoms with Crippen molar-refractivity contribution in [1.29, 1.82) is 0 Å². The highest BCUT2D eigenvalue weighted by atomic mass is 127. The average molecular weight is 2270 g/mol. The second-order valence-corrected chi connectivity index (χ2v) is 48.6. The van der Waals surface area contributed by atoms with Gasteiger partial charge in [-0.2, -0.15) is 0 Å². The van der Waals surface area contributed by atoms with Crippen molar-refractivity contribution in [1.82, 2.24) is 0 Å².